The lowest BCUT2D eigenvalue weighted by Gasteiger charge is -2.29. The molecule has 0 aromatic carbocycles. The molecule has 0 saturated carbocycles. The van der Waals surface area contributed by atoms with Crippen LogP contribution >= 0.6 is 7.82 Å². The van der Waals surface area contributed by atoms with Gasteiger partial charge in [-0.05, 0) is 51.4 Å². The van der Waals surface area contributed by atoms with Gasteiger partial charge in [-0.3, -0.25) is 9.36 Å². The zero-order chi connectivity index (χ0) is 33.7. The minimum atomic E-state index is -4.58. The lowest BCUT2D eigenvalue weighted by molar-refractivity contribution is -0.870. The highest BCUT2D eigenvalue weighted by Gasteiger charge is 2.23. The van der Waals surface area contributed by atoms with E-state index in [0.29, 0.717) is 17.4 Å². The predicted molar refractivity (Wildman–Crippen MR) is 187 cm³/mol. The Kier molecular flexibility index (Phi) is 27.7. The van der Waals surface area contributed by atoms with Crippen LogP contribution in [0, 0.1) is 0 Å². The largest absolute Gasteiger partial charge is 0.756 e. The Hall–Kier alpha value is -1.54. The molecule has 0 radical (unpaired) electrons. The molecule has 0 aromatic rings. The first-order valence-corrected chi connectivity index (χ1v) is 19.0. The number of nitrogens with zero attached hydrogens (tertiary/aromatic N) is 1. The Morgan fingerprint density at radius 1 is 0.800 bits per heavy atom. The topological polar surface area (TPSA) is 108 Å². The third-order valence-corrected chi connectivity index (χ3v) is 8.26. The van der Waals surface area contributed by atoms with Gasteiger partial charge in [0.25, 0.3) is 7.82 Å². The van der Waals surface area contributed by atoms with Gasteiger partial charge in [0.1, 0.15) is 13.2 Å². The van der Waals surface area contributed by atoms with Crippen molar-refractivity contribution in [2.45, 2.75) is 135 Å². The average molecular weight is 655 g/mol. The smallest absolute Gasteiger partial charge is 0.268 e. The number of aliphatic hydroxyl groups is 1. The Bertz CT molecular complexity index is 881. The summed E-state index contributed by atoms with van der Waals surface area (Å²) in [6.45, 7) is 4.43. The number of amides is 1. The lowest BCUT2D eigenvalue weighted by atomic mass is 10.1. The number of allylic oxidation sites excluding steroid dienone is 7. The molecule has 0 aliphatic heterocycles. The van der Waals surface area contributed by atoms with Gasteiger partial charge in [0.2, 0.25) is 5.91 Å². The summed E-state index contributed by atoms with van der Waals surface area (Å²) in [6, 6.07) is -0.892. The SMILES string of the molecule is CC/C=C\C/C=C\C/C=C\CCCCCCCC(=O)NC(COP(=O)([O-])OCC[N+](C)(C)C)C(O)/C=C/CCCCCCCC. The van der Waals surface area contributed by atoms with E-state index in [2.05, 4.69) is 55.6 Å². The van der Waals surface area contributed by atoms with Crippen LogP contribution in [0.2, 0.25) is 0 Å². The lowest BCUT2D eigenvalue weighted by Crippen LogP contribution is -2.45. The van der Waals surface area contributed by atoms with Crippen LogP contribution in [0.3, 0.4) is 0 Å². The number of nitrogens with one attached hydrogen (secondary N) is 1. The molecule has 262 valence electrons. The summed E-state index contributed by atoms with van der Waals surface area (Å²) in [6.07, 6.45) is 33.0. The number of phosphoric ester groups is 1. The second-order valence-electron chi connectivity index (χ2n) is 12.8. The number of phosphoric acid groups is 1. The first-order chi connectivity index (χ1) is 21.5. The monoisotopic (exact) mass is 654 g/mol. The van der Waals surface area contributed by atoms with Crippen molar-refractivity contribution in [1.29, 1.82) is 0 Å². The fourth-order valence-electron chi connectivity index (χ4n) is 4.46. The van der Waals surface area contributed by atoms with Gasteiger partial charge in [0.15, 0.2) is 0 Å². The summed E-state index contributed by atoms with van der Waals surface area (Å²) in [5.74, 6) is -0.222. The van der Waals surface area contributed by atoms with Gasteiger partial charge in [-0.2, -0.15) is 0 Å². The Balaban J connectivity index is 4.56. The number of carbonyl (C=O) groups is 1. The highest BCUT2D eigenvalue weighted by molar-refractivity contribution is 7.45. The predicted octanol–water partition coefficient (Wildman–Crippen LogP) is 7.94. The van der Waals surface area contributed by atoms with Crippen molar-refractivity contribution in [3.8, 4) is 0 Å². The van der Waals surface area contributed by atoms with Crippen LogP contribution in [-0.4, -0.2) is 68.5 Å². The van der Waals surface area contributed by atoms with Gasteiger partial charge < -0.3 is 28.8 Å². The van der Waals surface area contributed by atoms with Crippen LogP contribution in [0.15, 0.2) is 48.6 Å². The average Bonchev–Trinajstić information content (AvgIpc) is 2.97. The minimum absolute atomic E-state index is 0.00710. The number of hydrogen-bond donors (Lipinski definition) is 2. The zero-order valence-corrected chi connectivity index (χ0v) is 30.2. The summed E-state index contributed by atoms with van der Waals surface area (Å²) in [5, 5.41) is 13.6. The van der Waals surface area contributed by atoms with E-state index in [-0.39, 0.29) is 12.5 Å². The summed E-state index contributed by atoms with van der Waals surface area (Å²) < 4.78 is 23.0. The molecular formula is C36H67N2O6P. The van der Waals surface area contributed by atoms with Crippen LogP contribution in [0.1, 0.15) is 123 Å². The quantitative estimate of drug-likeness (QED) is 0.0353. The van der Waals surface area contributed by atoms with Gasteiger partial charge in [0, 0.05) is 6.42 Å². The van der Waals surface area contributed by atoms with Gasteiger partial charge in [0.05, 0.1) is 39.9 Å². The normalized spacial score (nSPS) is 15.4. The number of quaternary nitrogens is 1. The first kappa shape index (κ1) is 43.5. The molecule has 45 heavy (non-hydrogen) atoms. The highest BCUT2D eigenvalue weighted by atomic mass is 31.2. The van der Waals surface area contributed by atoms with E-state index in [1.54, 1.807) is 6.08 Å². The molecule has 0 spiro atoms. The fourth-order valence-corrected chi connectivity index (χ4v) is 5.18. The Morgan fingerprint density at radius 2 is 1.36 bits per heavy atom. The molecule has 0 rings (SSSR count). The second kappa shape index (κ2) is 28.7. The van der Waals surface area contributed by atoms with Crippen LogP contribution in [0.5, 0.6) is 0 Å². The Morgan fingerprint density at radius 3 is 1.98 bits per heavy atom. The van der Waals surface area contributed by atoms with E-state index in [1.807, 2.05) is 27.2 Å². The summed E-state index contributed by atoms with van der Waals surface area (Å²) >= 11 is 0. The summed E-state index contributed by atoms with van der Waals surface area (Å²) in [5.41, 5.74) is 0. The van der Waals surface area contributed by atoms with Gasteiger partial charge in [-0.25, -0.2) is 0 Å². The van der Waals surface area contributed by atoms with Crippen molar-refractivity contribution in [3.63, 3.8) is 0 Å². The van der Waals surface area contributed by atoms with Gasteiger partial charge >= 0.3 is 0 Å². The van der Waals surface area contributed by atoms with Crippen molar-refractivity contribution in [1.82, 2.24) is 5.32 Å². The highest BCUT2D eigenvalue weighted by Crippen LogP contribution is 2.38. The molecule has 0 aliphatic rings. The third-order valence-electron chi connectivity index (χ3n) is 7.29. The number of rotatable bonds is 30. The van der Waals surface area contributed by atoms with Gasteiger partial charge in [-0.15, -0.1) is 0 Å². The Labute approximate surface area is 276 Å². The molecule has 0 aromatic heterocycles. The van der Waals surface area contributed by atoms with Gasteiger partial charge in [-0.1, -0.05) is 114 Å². The maximum Gasteiger partial charge on any atom is 0.268 e. The molecule has 3 unspecified atom stereocenters. The number of unbranched alkanes of at least 4 members (excludes halogenated alkanes) is 11. The van der Waals surface area contributed by atoms with Crippen LogP contribution < -0.4 is 10.2 Å². The van der Waals surface area contributed by atoms with Crippen LogP contribution in [0.25, 0.3) is 0 Å². The molecule has 0 heterocycles. The number of carbonyl (C=O) groups excluding carboxylic acids is 1. The van der Waals surface area contributed by atoms with E-state index >= 15 is 0 Å². The zero-order valence-electron chi connectivity index (χ0n) is 29.3. The molecule has 0 aliphatic carbocycles. The van der Waals surface area contributed by atoms with Crippen LogP contribution in [-0.2, 0) is 18.4 Å². The molecule has 9 heteroatoms. The van der Waals surface area contributed by atoms with E-state index in [9.17, 15) is 19.4 Å². The maximum atomic E-state index is 12.7. The molecule has 2 N–H and O–H groups in total. The van der Waals surface area contributed by atoms with E-state index in [4.69, 9.17) is 9.05 Å². The third kappa shape index (κ3) is 30.9. The molecule has 1 amide bonds. The molecule has 8 nitrogen and oxygen atoms in total. The van der Waals surface area contributed by atoms with Crippen molar-refractivity contribution in [2.75, 3.05) is 40.9 Å². The molecule has 0 bridgehead atoms. The molecule has 3 atom stereocenters. The standard InChI is InChI=1S/C36H67N2O6P/c1-6-8-10-12-14-16-17-18-19-20-21-22-24-26-28-30-36(40)37-34(33-44-45(41,42)43-32-31-38(3,4)5)35(39)29-27-25-23-15-13-11-9-7-2/h8,10,14,16,18-19,27,29,34-35,39H,6-7,9,11-13,15,17,20-26,28,30-33H2,1-5H3,(H-,37,40,41,42)/b10-8-,16-14-,19-18-,29-27+. The summed E-state index contributed by atoms with van der Waals surface area (Å²) in [4.78, 5) is 25.0. The summed E-state index contributed by atoms with van der Waals surface area (Å²) in [7, 11) is 1.23. The van der Waals surface area contributed by atoms with E-state index in [0.717, 1.165) is 77.0 Å². The maximum absolute atomic E-state index is 12.7. The second-order valence-corrected chi connectivity index (χ2v) is 14.3. The van der Waals surface area contributed by atoms with E-state index in [1.165, 1.54) is 25.7 Å². The van der Waals surface area contributed by atoms with Crippen molar-refractivity contribution in [3.05, 3.63) is 48.6 Å². The van der Waals surface area contributed by atoms with E-state index < -0.39 is 26.6 Å². The number of aliphatic hydroxyl groups excluding tert-OH is 1. The van der Waals surface area contributed by atoms with Crippen molar-refractivity contribution in [2.24, 2.45) is 0 Å². The number of likely N-dealkylation sites (N-methyl/N-ethyl adjacent to an activating group) is 1. The van der Waals surface area contributed by atoms with Crippen molar-refractivity contribution < 1.29 is 32.9 Å². The van der Waals surface area contributed by atoms with Crippen LogP contribution in [0.4, 0.5) is 0 Å². The molecular weight excluding hydrogens is 587 g/mol. The molecule has 0 saturated heterocycles. The van der Waals surface area contributed by atoms with Crippen molar-refractivity contribution >= 4 is 13.7 Å². The molecule has 0 fully saturated rings. The fraction of sp³-hybridized carbons (Fsp3) is 0.750. The number of hydrogen-bond acceptors (Lipinski definition) is 6. The first-order valence-electron chi connectivity index (χ1n) is 17.5. The minimum Gasteiger partial charge on any atom is -0.756 e.